The van der Waals surface area contributed by atoms with Crippen LogP contribution in [-0.4, -0.2) is 285 Å². The van der Waals surface area contributed by atoms with E-state index < -0.39 is 48.6 Å². The van der Waals surface area contributed by atoms with Crippen LogP contribution in [0.3, 0.4) is 0 Å². The van der Waals surface area contributed by atoms with Crippen LogP contribution in [0.25, 0.3) is 54.9 Å². The molecule has 4 aliphatic heterocycles. The third-order valence-electron chi connectivity index (χ3n) is 20.0. The molecule has 0 saturated carbocycles. The number of imidazole rings is 5. The largest absolute Gasteiger partial charge is 0.490 e. The fraction of sp³-hybridized carbons (Fsp3) is 0.405. The number of thiazole rings is 1. The third kappa shape index (κ3) is 29.2. The number of anilines is 4. The molecule has 4 aliphatic rings. The Morgan fingerprint density at radius 3 is 1.00 bits per heavy atom. The number of halogens is 12. The summed E-state index contributed by atoms with van der Waals surface area (Å²) in [5.41, 5.74) is 4.94. The SMILES string of the molecule is CC#CCn1c(N2CCNCC2)nc2nc(Sc3cnccn3)n(C)c(=O)c21.CC#CCn1c(N2CCNCC2)nc2nc(Sc3nc4ccccc4s3)n(C)c(=O)c21.CC#CCn1c(N2CCNCC2)nc2nc(Sc3nccc(C)n3)n(C)c(=O)c21.CC#CCn1c(N2CCNCC2)nc2nc(Sc3nccn3C)n(C)c(=O)c21.O=C(O)C(F)(F)F.O=C(O)C(F)(F)F.O=C(O)C(F)(F)F.O=C(O)C(F)(F)F. The summed E-state index contributed by atoms with van der Waals surface area (Å²) in [5, 5.41) is 46.0. The van der Waals surface area contributed by atoms with Crippen LogP contribution < -0.4 is 63.1 Å². The molecule has 4 saturated heterocycles. The number of piperazine rings is 4. The summed E-state index contributed by atoms with van der Waals surface area (Å²) >= 11 is 6.88. The molecule has 4 fully saturated rings. The number of alkyl halides is 12. The number of aromatic nitrogens is 23. The van der Waals surface area contributed by atoms with Crippen LogP contribution in [0.5, 0.6) is 0 Å². The Kier molecular flexibility index (Phi) is 39.1. The molecule has 0 radical (unpaired) electrons. The van der Waals surface area contributed by atoms with E-state index in [1.807, 2.05) is 73.3 Å². The monoisotopic (exact) mass is 2110 g/mol. The van der Waals surface area contributed by atoms with Gasteiger partial charge in [0.25, 0.3) is 22.2 Å². The van der Waals surface area contributed by atoms with E-state index in [1.54, 1.807) is 107 Å². The molecule has 1 aromatic carbocycles. The van der Waals surface area contributed by atoms with Gasteiger partial charge in [0.15, 0.2) is 79.9 Å². The molecule has 43 nitrogen and oxygen atoms in total. The molecule has 0 spiro atoms. The highest BCUT2D eigenvalue weighted by Gasteiger charge is 2.41. The van der Waals surface area contributed by atoms with Crippen molar-refractivity contribution in [2.24, 2.45) is 35.2 Å². The lowest BCUT2D eigenvalue weighted by Crippen LogP contribution is -2.44. The first-order valence-corrected chi connectivity index (χ1v) is 46.5. The first-order chi connectivity index (χ1) is 68.3. The Balaban J connectivity index is 0.000000180. The minimum Gasteiger partial charge on any atom is -0.475 e. The highest BCUT2D eigenvalue weighted by Crippen LogP contribution is 2.36. The van der Waals surface area contributed by atoms with Crippen molar-refractivity contribution in [1.82, 2.24) is 132 Å². The highest BCUT2D eigenvalue weighted by molar-refractivity contribution is 8.01. The van der Waals surface area contributed by atoms with Gasteiger partial charge >= 0.3 is 48.6 Å². The molecule has 60 heteroatoms. The number of hydrogen-bond donors (Lipinski definition) is 8. The van der Waals surface area contributed by atoms with E-state index in [0.717, 1.165) is 154 Å². The zero-order valence-corrected chi connectivity index (χ0v) is 81.8. The highest BCUT2D eigenvalue weighted by atomic mass is 32.2. The predicted molar refractivity (Wildman–Crippen MR) is 508 cm³/mol. The van der Waals surface area contributed by atoms with Gasteiger partial charge in [0.2, 0.25) is 23.8 Å². The summed E-state index contributed by atoms with van der Waals surface area (Å²) in [4.78, 5) is 161. The first kappa shape index (κ1) is 112. The second kappa shape index (κ2) is 50.5. The number of rotatable bonds is 16. The van der Waals surface area contributed by atoms with Crippen molar-refractivity contribution in [2.75, 3.05) is 124 Å². The Hall–Kier alpha value is -14.4. The molecule has 0 aliphatic carbocycles. The fourth-order valence-corrected chi connectivity index (χ4v) is 17.5. The van der Waals surface area contributed by atoms with E-state index in [0.29, 0.717) is 102 Å². The molecule has 13 aromatic rings. The zero-order valence-electron chi connectivity index (χ0n) is 77.7. The maximum absolute atomic E-state index is 13.3. The maximum Gasteiger partial charge on any atom is 0.490 e. The van der Waals surface area contributed by atoms with E-state index >= 15 is 0 Å². The number of fused-ring (bicyclic) bond motifs is 5. The first-order valence-electron chi connectivity index (χ1n) is 42.4. The summed E-state index contributed by atoms with van der Waals surface area (Å²) in [7, 11) is 8.80. The van der Waals surface area contributed by atoms with Crippen molar-refractivity contribution in [1.29, 1.82) is 0 Å². The standard InChI is InChI=1S/C21H21N7OS2.C19H22N8OS.C18H22N8OS.C18H20N8OS.4C2HF3O2/c1-3-4-11-28-16-17(24-19(28)27-12-9-22-10-13-27)25-20(26(2)18(16)29)31-21-23-14-7-5-6-8-15(14)30-21;1-4-5-10-27-14-15(23-18(27)26-11-8-20-9-12-26)24-19(25(3)16(14)28)29-17-21-7-6-13(2)22-17;1-4-5-9-26-13-14(21-16(26)25-11-6-19-7-12-25)22-18(24(3)15(13)27)28-17-20-8-10-23(17)2;1-3-4-9-26-14-15(22-17(26)25-10-7-19-8-11-25)23-18(24(2)16(14)27)28-13-12-20-5-6-21-13;4*3-2(4,5)1(6)7/h5-8,22H,9-13H2,1-2H3;6-7,20H,8-12H2,1-3H3;8,10,19H,6-7,9,11-12H2,1-3H3;5-6,12,19H,7-11H2,1-2H3;4*(H,6,7). The maximum atomic E-state index is 13.3. The number of para-hydroxylation sites is 1. The van der Waals surface area contributed by atoms with E-state index in [4.69, 9.17) is 64.5 Å². The lowest BCUT2D eigenvalue weighted by atomic mass is 10.3. The molecule has 766 valence electrons. The molecular weight excluding hydrogens is 2020 g/mol. The van der Waals surface area contributed by atoms with Gasteiger partial charge in [-0.15, -0.1) is 35.0 Å². The normalized spacial score (nSPS) is 13.6. The molecule has 16 heterocycles. The second-order valence-electron chi connectivity index (χ2n) is 29.8. The second-order valence-corrected chi connectivity index (χ2v) is 34.9. The summed E-state index contributed by atoms with van der Waals surface area (Å²) < 4.78 is 145. The molecule has 17 rings (SSSR count). The minimum absolute atomic E-state index is 0.125. The molecule has 0 bridgehead atoms. The number of benzene rings is 1. The third-order valence-corrected chi connectivity index (χ3v) is 25.2. The zero-order chi connectivity index (χ0) is 105. The van der Waals surface area contributed by atoms with Crippen LogP contribution >= 0.6 is 58.4 Å². The van der Waals surface area contributed by atoms with Crippen molar-refractivity contribution < 1.29 is 92.3 Å². The molecular formula is C84H89F12N31O12S5. The van der Waals surface area contributed by atoms with Crippen molar-refractivity contribution in [3.05, 3.63) is 115 Å². The minimum atomic E-state index is -5.08. The number of nitrogens with one attached hydrogen (secondary N) is 4. The quantitative estimate of drug-likeness (QED) is 0.0286. The lowest BCUT2D eigenvalue weighted by Gasteiger charge is -2.28. The van der Waals surface area contributed by atoms with Crippen molar-refractivity contribution in [3.63, 3.8) is 0 Å². The number of aliphatic carboxylic acids is 4. The van der Waals surface area contributed by atoms with E-state index in [2.05, 4.69) is 133 Å². The molecule has 0 unspecified atom stereocenters. The van der Waals surface area contributed by atoms with E-state index in [9.17, 15) is 71.9 Å². The summed E-state index contributed by atoms with van der Waals surface area (Å²) in [5.74, 6) is 15.9. The van der Waals surface area contributed by atoms with Gasteiger partial charge < -0.3 is 65.9 Å². The van der Waals surface area contributed by atoms with Gasteiger partial charge in [0, 0.05) is 177 Å². The molecule has 8 N–H and O–H groups in total. The molecule has 12 aromatic heterocycles. The summed E-state index contributed by atoms with van der Waals surface area (Å²) in [6, 6.07) is 9.83. The van der Waals surface area contributed by atoms with Crippen molar-refractivity contribution in [3.8, 4) is 47.4 Å². The van der Waals surface area contributed by atoms with E-state index in [-0.39, 0.29) is 22.2 Å². The van der Waals surface area contributed by atoms with Crippen LogP contribution in [0.4, 0.5) is 76.5 Å². The van der Waals surface area contributed by atoms with Gasteiger partial charge in [-0.25, -0.2) is 64.0 Å². The van der Waals surface area contributed by atoms with Crippen molar-refractivity contribution in [2.45, 2.75) is 126 Å². The Bertz CT molecular complexity index is 7180. The van der Waals surface area contributed by atoms with Crippen LogP contribution in [0, 0.1) is 54.3 Å². The Labute approximate surface area is 828 Å². The average molecular weight is 2110 g/mol. The molecule has 0 amide bonds. The Morgan fingerprint density at radius 1 is 0.389 bits per heavy atom. The number of carboxylic acids is 4. The summed E-state index contributed by atoms with van der Waals surface area (Å²) in [6.45, 7) is 24.3. The van der Waals surface area contributed by atoms with Crippen molar-refractivity contribution >= 4 is 161 Å². The number of carbonyl (C=O) groups is 4. The smallest absolute Gasteiger partial charge is 0.475 e. The van der Waals surface area contributed by atoms with Gasteiger partial charge in [0.05, 0.1) is 42.6 Å². The van der Waals surface area contributed by atoms with Gasteiger partial charge in [-0.05, 0) is 99.9 Å². The molecule has 0 atom stereocenters. The fourth-order valence-electron chi connectivity index (χ4n) is 13.0. The van der Waals surface area contributed by atoms with Gasteiger partial charge in [-0.2, -0.15) is 72.6 Å². The van der Waals surface area contributed by atoms with Gasteiger partial charge in [-0.3, -0.25) is 60.7 Å². The summed E-state index contributed by atoms with van der Waals surface area (Å²) in [6.07, 6.45) is -10.2. The number of hydrogen-bond acceptors (Lipinski definition) is 35. The van der Waals surface area contributed by atoms with Crippen LogP contribution in [-0.2, 0) is 80.6 Å². The number of nitrogens with zero attached hydrogens (tertiary/aromatic N) is 27. The average Bonchev–Trinajstić information content (AvgIpc) is 1.62. The Morgan fingerprint density at radius 2 is 0.708 bits per heavy atom. The van der Waals surface area contributed by atoms with Crippen LogP contribution in [0.2, 0.25) is 0 Å². The number of carboxylic acid groups (broad SMARTS) is 4. The number of aryl methyl sites for hydroxylation is 2. The molecule has 144 heavy (non-hydrogen) atoms. The van der Waals surface area contributed by atoms with Crippen LogP contribution in [0.15, 0.2) is 127 Å². The van der Waals surface area contributed by atoms with E-state index in [1.165, 1.54) is 56.2 Å². The van der Waals surface area contributed by atoms with Gasteiger partial charge in [0.1, 0.15) is 5.03 Å². The topological polar surface area (TPSA) is 503 Å². The van der Waals surface area contributed by atoms with Crippen LogP contribution in [0.1, 0.15) is 33.4 Å². The predicted octanol–water partition coefficient (Wildman–Crippen LogP) is 6.62. The van der Waals surface area contributed by atoms with Gasteiger partial charge in [-0.1, -0.05) is 35.8 Å². The lowest BCUT2D eigenvalue weighted by molar-refractivity contribution is -0.193.